The van der Waals surface area contributed by atoms with E-state index in [1.165, 1.54) is 21.1 Å². The quantitative estimate of drug-likeness (QED) is 0.292. The standard InChI is InChI=1S/C25H18N2OS2/c28-23-6-2-1-5-18(23)17-26-19-9-11-20(12-10-19)27-21(24-7-3-15-29-24)13-14-22(27)25-8-4-16-30-25/h1-17,28H. The highest BCUT2D eigenvalue weighted by molar-refractivity contribution is 7.14. The molecule has 30 heavy (non-hydrogen) atoms. The normalized spacial score (nSPS) is 11.3. The van der Waals surface area contributed by atoms with E-state index in [4.69, 9.17) is 0 Å². The SMILES string of the molecule is Oc1ccccc1C=Nc1ccc(-n2c(-c3cccs3)ccc2-c2cccs2)cc1. The third-order valence-electron chi connectivity index (χ3n) is 4.83. The van der Waals surface area contributed by atoms with E-state index < -0.39 is 0 Å². The highest BCUT2D eigenvalue weighted by Gasteiger charge is 2.14. The molecular formula is C25H18N2OS2. The van der Waals surface area contributed by atoms with E-state index in [0.717, 1.165) is 11.4 Å². The topological polar surface area (TPSA) is 37.5 Å². The molecule has 2 aromatic carbocycles. The van der Waals surface area contributed by atoms with Gasteiger partial charge in [-0.15, -0.1) is 22.7 Å². The summed E-state index contributed by atoms with van der Waals surface area (Å²) < 4.78 is 2.30. The second-order valence-corrected chi connectivity index (χ2v) is 8.62. The van der Waals surface area contributed by atoms with Crippen molar-refractivity contribution in [1.29, 1.82) is 0 Å². The summed E-state index contributed by atoms with van der Waals surface area (Å²) in [6.45, 7) is 0. The number of para-hydroxylation sites is 1. The minimum Gasteiger partial charge on any atom is -0.507 e. The van der Waals surface area contributed by atoms with Crippen LogP contribution >= 0.6 is 22.7 Å². The molecule has 0 bridgehead atoms. The van der Waals surface area contributed by atoms with Crippen LogP contribution in [0.4, 0.5) is 5.69 Å². The van der Waals surface area contributed by atoms with Crippen LogP contribution in [0.2, 0.25) is 0 Å². The molecule has 3 heterocycles. The van der Waals surface area contributed by atoms with Crippen LogP contribution in [0.15, 0.2) is 101 Å². The molecule has 0 saturated heterocycles. The molecule has 5 heteroatoms. The fourth-order valence-electron chi connectivity index (χ4n) is 3.38. The maximum Gasteiger partial charge on any atom is 0.124 e. The third kappa shape index (κ3) is 3.61. The summed E-state index contributed by atoms with van der Waals surface area (Å²) in [7, 11) is 0. The van der Waals surface area contributed by atoms with Gasteiger partial charge in [0.1, 0.15) is 5.75 Å². The van der Waals surface area contributed by atoms with Gasteiger partial charge in [-0.25, -0.2) is 0 Å². The highest BCUT2D eigenvalue weighted by atomic mass is 32.1. The predicted octanol–water partition coefficient (Wildman–Crippen LogP) is 7.39. The van der Waals surface area contributed by atoms with Crippen LogP contribution in [-0.4, -0.2) is 15.9 Å². The summed E-state index contributed by atoms with van der Waals surface area (Å²) in [6.07, 6.45) is 1.69. The van der Waals surface area contributed by atoms with Crippen LogP contribution in [0, 0.1) is 0 Å². The first-order valence-electron chi connectivity index (χ1n) is 9.51. The van der Waals surface area contributed by atoms with Gasteiger partial charge in [0.2, 0.25) is 0 Å². The number of hydrogen-bond acceptors (Lipinski definition) is 4. The number of hydrogen-bond donors (Lipinski definition) is 1. The van der Waals surface area contributed by atoms with Crippen molar-refractivity contribution in [3.8, 4) is 32.6 Å². The fraction of sp³-hybridized carbons (Fsp3) is 0. The van der Waals surface area contributed by atoms with Crippen LogP contribution in [0.25, 0.3) is 26.8 Å². The van der Waals surface area contributed by atoms with Crippen LogP contribution < -0.4 is 0 Å². The van der Waals surface area contributed by atoms with Gasteiger partial charge in [0.25, 0.3) is 0 Å². The van der Waals surface area contributed by atoms with Crippen LogP contribution in [0.5, 0.6) is 5.75 Å². The molecule has 3 nitrogen and oxygen atoms in total. The summed E-state index contributed by atoms with van der Waals surface area (Å²) in [4.78, 5) is 6.99. The molecule has 0 spiro atoms. The number of phenols is 1. The van der Waals surface area contributed by atoms with E-state index in [1.807, 2.05) is 24.3 Å². The molecule has 5 rings (SSSR count). The zero-order valence-corrected chi connectivity index (χ0v) is 17.6. The molecule has 0 fully saturated rings. The van der Waals surface area contributed by atoms with Gasteiger partial charge in [-0.05, 0) is 71.4 Å². The van der Waals surface area contributed by atoms with Crippen molar-refractivity contribution in [3.05, 3.63) is 101 Å². The van der Waals surface area contributed by atoms with E-state index in [9.17, 15) is 5.11 Å². The largest absolute Gasteiger partial charge is 0.507 e. The minimum atomic E-state index is 0.228. The Morgan fingerprint density at radius 3 is 1.90 bits per heavy atom. The van der Waals surface area contributed by atoms with Gasteiger partial charge >= 0.3 is 0 Å². The second-order valence-electron chi connectivity index (χ2n) is 6.73. The lowest BCUT2D eigenvalue weighted by atomic mass is 10.2. The molecule has 0 aliphatic carbocycles. The van der Waals surface area contributed by atoms with Crippen molar-refractivity contribution < 1.29 is 5.11 Å². The lowest BCUT2D eigenvalue weighted by Gasteiger charge is -2.12. The van der Waals surface area contributed by atoms with Gasteiger partial charge in [-0.3, -0.25) is 4.99 Å². The Balaban J connectivity index is 1.53. The lowest BCUT2D eigenvalue weighted by molar-refractivity contribution is 0.474. The van der Waals surface area contributed by atoms with Gasteiger partial charge in [0.05, 0.1) is 26.8 Å². The van der Waals surface area contributed by atoms with Crippen LogP contribution in [-0.2, 0) is 0 Å². The van der Waals surface area contributed by atoms with Gasteiger partial charge in [0.15, 0.2) is 0 Å². The maximum absolute atomic E-state index is 9.91. The molecule has 0 atom stereocenters. The third-order valence-corrected chi connectivity index (χ3v) is 6.61. The molecule has 0 aliphatic rings. The van der Waals surface area contributed by atoms with Crippen LogP contribution in [0.1, 0.15) is 5.56 Å². The number of aromatic hydroxyl groups is 1. The average molecular weight is 427 g/mol. The molecule has 0 aliphatic heterocycles. The number of phenolic OH excluding ortho intramolecular Hbond substituents is 1. The number of aliphatic imine (C=N–C) groups is 1. The number of nitrogens with zero attached hydrogens (tertiary/aromatic N) is 2. The fourth-order valence-corrected chi connectivity index (χ4v) is 4.86. The molecule has 146 valence electrons. The van der Waals surface area contributed by atoms with Crippen molar-refractivity contribution in [2.45, 2.75) is 0 Å². The number of rotatable bonds is 5. The first-order valence-corrected chi connectivity index (χ1v) is 11.3. The Morgan fingerprint density at radius 1 is 0.700 bits per heavy atom. The first kappa shape index (κ1) is 18.6. The summed E-state index contributed by atoms with van der Waals surface area (Å²) >= 11 is 3.48. The first-order chi connectivity index (χ1) is 14.8. The van der Waals surface area contributed by atoms with Gasteiger partial charge in [-0.1, -0.05) is 24.3 Å². The summed E-state index contributed by atoms with van der Waals surface area (Å²) in [6, 6.07) is 28.2. The van der Waals surface area contributed by atoms with Crippen molar-refractivity contribution >= 4 is 34.6 Å². The second kappa shape index (κ2) is 8.14. The molecular weight excluding hydrogens is 408 g/mol. The van der Waals surface area contributed by atoms with E-state index in [2.05, 4.69) is 68.9 Å². The monoisotopic (exact) mass is 426 g/mol. The molecule has 0 amide bonds. The molecule has 5 aromatic rings. The van der Waals surface area contributed by atoms with Gasteiger partial charge in [-0.2, -0.15) is 0 Å². The molecule has 0 unspecified atom stereocenters. The predicted molar refractivity (Wildman–Crippen MR) is 128 cm³/mol. The lowest BCUT2D eigenvalue weighted by Crippen LogP contribution is -1.97. The Morgan fingerprint density at radius 2 is 1.33 bits per heavy atom. The van der Waals surface area contributed by atoms with E-state index in [0.29, 0.717) is 5.56 Å². The van der Waals surface area contributed by atoms with Gasteiger partial charge < -0.3 is 9.67 Å². The Labute approximate surface area is 182 Å². The van der Waals surface area contributed by atoms with Crippen molar-refractivity contribution in [3.63, 3.8) is 0 Å². The number of thiophene rings is 2. The van der Waals surface area contributed by atoms with E-state index in [-0.39, 0.29) is 5.75 Å². The minimum absolute atomic E-state index is 0.228. The smallest absolute Gasteiger partial charge is 0.124 e. The Kier molecular flexibility index (Phi) is 5.05. The molecule has 0 saturated carbocycles. The van der Waals surface area contributed by atoms with Gasteiger partial charge in [0, 0.05) is 17.5 Å². The molecule has 0 radical (unpaired) electrons. The van der Waals surface area contributed by atoms with Crippen LogP contribution in [0.3, 0.4) is 0 Å². The Bertz CT molecular complexity index is 1230. The average Bonchev–Trinajstić information content (AvgIpc) is 3.54. The highest BCUT2D eigenvalue weighted by Crippen LogP contribution is 2.36. The Hall–Kier alpha value is -3.41. The zero-order valence-electron chi connectivity index (χ0n) is 16.0. The number of aromatic nitrogens is 1. The number of benzene rings is 2. The molecule has 1 N–H and O–H groups in total. The van der Waals surface area contributed by atoms with E-state index in [1.54, 1.807) is 41.0 Å². The van der Waals surface area contributed by atoms with E-state index >= 15 is 0 Å². The maximum atomic E-state index is 9.91. The van der Waals surface area contributed by atoms with Crippen molar-refractivity contribution in [2.24, 2.45) is 4.99 Å². The van der Waals surface area contributed by atoms with Crippen molar-refractivity contribution in [1.82, 2.24) is 4.57 Å². The summed E-state index contributed by atoms with van der Waals surface area (Å²) in [5.74, 6) is 0.228. The summed E-state index contributed by atoms with van der Waals surface area (Å²) in [5.41, 5.74) is 4.99. The zero-order chi connectivity index (χ0) is 20.3. The summed E-state index contributed by atoms with van der Waals surface area (Å²) in [5, 5.41) is 14.1. The van der Waals surface area contributed by atoms with Crippen molar-refractivity contribution in [2.75, 3.05) is 0 Å². The molecule has 3 aromatic heterocycles.